The third-order valence-corrected chi connectivity index (χ3v) is 4.45. The van der Waals surface area contributed by atoms with Gasteiger partial charge in [-0.1, -0.05) is 6.07 Å². The molecule has 3 aromatic rings. The van der Waals surface area contributed by atoms with Gasteiger partial charge in [-0.05, 0) is 25.1 Å². The van der Waals surface area contributed by atoms with Crippen LogP contribution in [-0.2, 0) is 6.18 Å². The first-order valence-corrected chi connectivity index (χ1v) is 8.12. The second-order valence-corrected chi connectivity index (χ2v) is 6.45. The number of halogens is 3. The summed E-state index contributed by atoms with van der Waals surface area (Å²) in [5.41, 5.74) is -1.28. The molecule has 3 rings (SSSR count). The maximum atomic E-state index is 12.8. The van der Waals surface area contributed by atoms with Crippen LogP contribution < -0.4 is 15.6 Å². The number of benzene rings is 1. The third kappa shape index (κ3) is 3.27. The van der Waals surface area contributed by atoms with Crippen molar-refractivity contribution in [2.45, 2.75) is 13.1 Å². The van der Waals surface area contributed by atoms with Gasteiger partial charge in [0.05, 0.1) is 11.6 Å². The highest BCUT2D eigenvalue weighted by molar-refractivity contribution is 7.17. The first kappa shape index (κ1) is 17.9. The Kier molecular flexibility index (Phi) is 4.45. The van der Waals surface area contributed by atoms with Crippen molar-refractivity contribution in [3.63, 3.8) is 0 Å². The lowest BCUT2D eigenvalue weighted by atomic mass is 10.2. The largest absolute Gasteiger partial charge is 0.439 e. The zero-order valence-corrected chi connectivity index (χ0v) is 14.4. The topological polar surface area (TPSA) is 72.7 Å². The summed E-state index contributed by atoms with van der Waals surface area (Å²) in [5.74, 6) is -0.695. The lowest BCUT2D eigenvalue weighted by molar-refractivity contribution is -0.137. The van der Waals surface area contributed by atoms with Crippen LogP contribution in [0.2, 0.25) is 0 Å². The van der Waals surface area contributed by atoms with Crippen molar-refractivity contribution in [1.29, 1.82) is 0 Å². The maximum Gasteiger partial charge on any atom is 0.416 e. The number of nitrogens with zero attached hydrogens (tertiary/aromatic N) is 2. The number of ether oxygens (including phenoxy) is 1. The van der Waals surface area contributed by atoms with Crippen molar-refractivity contribution in [2.24, 2.45) is 0 Å². The summed E-state index contributed by atoms with van der Waals surface area (Å²) in [6, 6.07) is 5.28. The van der Waals surface area contributed by atoms with Crippen molar-refractivity contribution < 1.29 is 22.7 Å². The summed E-state index contributed by atoms with van der Waals surface area (Å²) in [6.07, 6.45) is -4.51. The highest BCUT2D eigenvalue weighted by Crippen LogP contribution is 2.32. The number of amides is 1. The van der Waals surface area contributed by atoms with E-state index >= 15 is 0 Å². The van der Waals surface area contributed by atoms with Gasteiger partial charge in [0.1, 0.15) is 11.4 Å². The number of rotatable bonds is 3. The SMILES string of the molecule is CNC(=O)c1c(C)sc2nc(Oc3cccc(C(F)(F)F)c3)cc(=O)n12. The Balaban J connectivity index is 2.03. The first-order valence-electron chi connectivity index (χ1n) is 7.31. The molecule has 0 aliphatic rings. The van der Waals surface area contributed by atoms with E-state index in [0.717, 1.165) is 33.9 Å². The molecule has 0 radical (unpaired) electrons. The maximum absolute atomic E-state index is 12.8. The molecular weight excluding hydrogens is 371 g/mol. The van der Waals surface area contributed by atoms with Gasteiger partial charge in [-0.15, -0.1) is 11.3 Å². The van der Waals surface area contributed by atoms with E-state index in [1.165, 1.54) is 19.2 Å². The summed E-state index contributed by atoms with van der Waals surface area (Å²) >= 11 is 1.10. The van der Waals surface area contributed by atoms with Crippen LogP contribution >= 0.6 is 11.3 Å². The number of hydrogen-bond acceptors (Lipinski definition) is 5. The molecule has 2 aromatic heterocycles. The van der Waals surface area contributed by atoms with Crippen molar-refractivity contribution in [3.05, 3.63) is 56.8 Å². The van der Waals surface area contributed by atoms with Gasteiger partial charge in [-0.25, -0.2) is 4.40 Å². The van der Waals surface area contributed by atoms with Gasteiger partial charge in [0, 0.05) is 11.9 Å². The Bertz CT molecular complexity index is 1060. The normalized spacial score (nSPS) is 11.6. The number of alkyl halides is 3. The summed E-state index contributed by atoms with van der Waals surface area (Å²) in [6.45, 7) is 1.66. The third-order valence-electron chi connectivity index (χ3n) is 3.49. The molecule has 0 spiro atoms. The van der Waals surface area contributed by atoms with Crippen LogP contribution in [0.15, 0.2) is 35.1 Å². The molecule has 0 aliphatic heterocycles. The molecule has 0 bridgehead atoms. The van der Waals surface area contributed by atoms with Crippen LogP contribution in [0.1, 0.15) is 20.9 Å². The van der Waals surface area contributed by atoms with Gasteiger partial charge in [-0.2, -0.15) is 18.2 Å². The monoisotopic (exact) mass is 383 g/mol. The van der Waals surface area contributed by atoms with Gasteiger partial charge < -0.3 is 10.1 Å². The molecule has 0 fully saturated rings. The number of carbonyl (C=O) groups excluding carboxylic acids is 1. The van der Waals surface area contributed by atoms with E-state index in [0.29, 0.717) is 4.88 Å². The van der Waals surface area contributed by atoms with Crippen LogP contribution in [0.5, 0.6) is 11.6 Å². The Morgan fingerprint density at radius 1 is 1.31 bits per heavy atom. The number of aromatic nitrogens is 2. The number of nitrogens with one attached hydrogen (secondary N) is 1. The zero-order chi connectivity index (χ0) is 19.1. The van der Waals surface area contributed by atoms with Gasteiger partial charge in [0.25, 0.3) is 11.5 Å². The van der Waals surface area contributed by atoms with E-state index in [4.69, 9.17) is 4.74 Å². The summed E-state index contributed by atoms with van der Waals surface area (Å²) < 4.78 is 44.8. The summed E-state index contributed by atoms with van der Waals surface area (Å²) in [5, 5.41) is 2.44. The van der Waals surface area contributed by atoms with Crippen LogP contribution in [-0.4, -0.2) is 22.3 Å². The van der Waals surface area contributed by atoms with E-state index in [9.17, 15) is 22.8 Å². The number of carbonyl (C=O) groups is 1. The molecule has 10 heteroatoms. The van der Waals surface area contributed by atoms with E-state index in [1.807, 2.05) is 0 Å². The van der Waals surface area contributed by atoms with Gasteiger partial charge in [0.2, 0.25) is 10.8 Å². The molecular formula is C16H12F3N3O3S. The highest BCUT2D eigenvalue weighted by Gasteiger charge is 2.30. The van der Waals surface area contributed by atoms with E-state index in [1.54, 1.807) is 6.92 Å². The average molecular weight is 383 g/mol. The van der Waals surface area contributed by atoms with Crippen molar-refractivity contribution in [3.8, 4) is 11.6 Å². The van der Waals surface area contributed by atoms with Crippen LogP contribution in [0, 0.1) is 6.92 Å². The van der Waals surface area contributed by atoms with Crippen molar-refractivity contribution in [2.75, 3.05) is 7.05 Å². The predicted molar refractivity (Wildman–Crippen MR) is 89.0 cm³/mol. The molecule has 0 atom stereocenters. The average Bonchev–Trinajstić information content (AvgIpc) is 2.90. The molecule has 136 valence electrons. The fourth-order valence-corrected chi connectivity index (χ4v) is 3.31. The molecule has 0 aliphatic carbocycles. The molecule has 0 unspecified atom stereocenters. The minimum Gasteiger partial charge on any atom is -0.439 e. The van der Waals surface area contributed by atoms with E-state index in [2.05, 4.69) is 10.3 Å². The fraction of sp³-hybridized carbons (Fsp3) is 0.188. The standard InChI is InChI=1S/C16H12F3N3O3S/c1-8-13(14(24)20-2)22-12(23)7-11(21-15(22)26-8)25-10-5-3-4-9(6-10)16(17,18)19/h3-7H,1-2H3,(H,20,24). The molecule has 1 aromatic carbocycles. The lowest BCUT2D eigenvalue weighted by Gasteiger charge is -2.09. The van der Waals surface area contributed by atoms with Crippen LogP contribution in [0.25, 0.3) is 4.96 Å². The second-order valence-electron chi connectivity index (χ2n) is 5.26. The lowest BCUT2D eigenvalue weighted by Crippen LogP contribution is -2.25. The van der Waals surface area contributed by atoms with Crippen LogP contribution in [0.3, 0.4) is 0 Å². The Morgan fingerprint density at radius 2 is 2.04 bits per heavy atom. The Labute approximate surface area is 148 Å². The quantitative estimate of drug-likeness (QED) is 0.754. The Hall–Kier alpha value is -2.88. The highest BCUT2D eigenvalue weighted by atomic mass is 32.1. The molecule has 0 saturated heterocycles. The molecule has 6 nitrogen and oxygen atoms in total. The molecule has 26 heavy (non-hydrogen) atoms. The van der Waals surface area contributed by atoms with Crippen molar-refractivity contribution >= 4 is 22.2 Å². The molecule has 2 heterocycles. The van der Waals surface area contributed by atoms with Crippen molar-refractivity contribution in [1.82, 2.24) is 14.7 Å². The molecule has 1 N–H and O–H groups in total. The number of hydrogen-bond donors (Lipinski definition) is 1. The number of fused-ring (bicyclic) bond motifs is 1. The van der Waals surface area contributed by atoms with Gasteiger partial charge in [0.15, 0.2) is 0 Å². The molecule has 0 saturated carbocycles. The minimum absolute atomic E-state index is 0.101. The minimum atomic E-state index is -4.51. The predicted octanol–water partition coefficient (Wildman–Crippen LogP) is 3.24. The number of aryl methyl sites for hydroxylation is 1. The first-order chi connectivity index (χ1) is 12.2. The van der Waals surface area contributed by atoms with E-state index < -0.39 is 23.2 Å². The zero-order valence-electron chi connectivity index (χ0n) is 13.5. The second kappa shape index (κ2) is 6.45. The smallest absolute Gasteiger partial charge is 0.416 e. The number of thiazole rings is 1. The fourth-order valence-electron chi connectivity index (χ4n) is 2.35. The molecule has 1 amide bonds. The van der Waals surface area contributed by atoms with E-state index in [-0.39, 0.29) is 22.3 Å². The van der Waals surface area contributed by atoms with Crippen LogP contribution in [0.4, 0.5) is 13.2 Å². The van der Waals surface area contributed by atoms with Gasteiger partial charge in [-0.3, -0.25) is 9.59 Å². The summed E-state index contributed by atoms with van der Waals surface area (Å²) in [7, 11) is 1.44. The summed E-state index contributed by atoms with van der Waals surface area (Å²) in [4.78, 5) is 29.2. The van der Waals surface area contributed by atoms with Gasteiger partial charge >= 0.3 is 6.18 Å². The Morgan fingerprint density at radius 3 is 2.69 bits per heavy atom.